The Bertz CT molecular complexity index is 479. The molecule has 0 saturated carbocycles. The average Bonchev–Trinajstić information content (AvgIpc) is 2.18. The molecule has 1 aromatic heterocycles. The summed E-state index contributed by atoms with van der Waals surface area (Å²) in [5, 5.41) is 0.768. The number of hydrogen-bond donors (Lipinski definition) is 0. The Morgan fingerprint density at radius 3 is 2.86 bits per heavy atom. The fourth-order valence-corrected chi connectivity index (χ4v) is 1.33. The van der Waals surface area contributed by atoms with Gasteiger partial charge in [-0.05, 0) is 18.2 Å². The standard InChI is InChI=1S/C10H6ClNO2/c11-10(13)14-9-5-6-12-8-4-2-1-3-7(8)9/h1-6H. The Morgan fingerprint density at radius 2 is 2.07 bits per heavy atom. The minimum atomic E-state index is -0.846. The van der Waals surface area contributed by atoms with Gasteiger partial charge in [-0.2, -0.15) is 0 Å². The summed E-state index contributed by atoms with van der Waals surface area (Å²) in [6, 6.07) is 8.96. The molecule has 0 spiro atoms. The van der Waals surface area contributed by atoms with E-state index >= 15 is 0 Å². The molecule has 0 bridgehead atoms. The van der Waals surface area contributed by atoms with E-state index in [1.165, 1.54) is 0 Å². The zero-order chi connectivity index (χ0) is 9.97. The van der Waals surface area contributed by atoms with E-state index in [0.29, 0.717) is 5.75 Å². The molecule has 0 amide bonds. The number of pyridine rings is 1. The Morgan fingerprint density at radius 1 is 1.29 bits per heavy atom. The maximum absolute atomic E-state index is 10.6. The van der Waals surface area contributed by atoms with E-state index in [-0.39, 0.29) is 0 Å². The summed E-state index contributed by atoms with van der Waals surface area (Å²) < 4.78 is 4.81. The Labute approximate surface area is 85.3 Å². The first kappa shape index (κ1) is 8.97. The second-order valence-corrected chi connectivity index (χ2v) is 2.97. The van der Waals surface area contributed by atoms with Gasteiger partial charge < -0.3 is 4.74 Å². The minimum Gasteiger partial charge on any atom is -0.414 e. The molecule has 0 unspecified atom stereocenters. The lowest BCUT2D eigenvalue weighted by Gasteiger charge is -2.03. The van der Waals surface area contributed by atoms with E-state index in [2.05, 4.69) is 4.98 Å². The van der Waals surface area contributed by atoms with Crippen LogP contribution in [-0.4, -0.2) is 10.4 Å². The van der Waals surface area contributed by atoms with E-state index in [0.717, 1.165) is 10.9 Å². The van der Waals surface area contributed by atoms with Crippen LogP contribution in [-0.2, 0) is 0 Å². The van der Waals surface area contributed by atoms with Crippen molar-refractivity contribution in [3.8, 4) is 5.75 Å². The van der Waals surface area contributed by atoms with Gasteiger partial charge in [-0.3, -0.25) is 4.98 Å². The third-order valence-electron chi connectivity index (χ3n) is 1.80. The fraction of sp³-hybridized carbons (Fsp3) is 0. The van der Waals surface area contributed by atoms with Crippen LogP contribution in [0.1, 0.15) is 0 Å². The van der Waals surface area contributed by atoms with Gasteiger partial charge in [-0.15, -0.1) is 0 Å². The molecule has 0 fully saturated rings. The van der Waals surface area contributed by atoms with Gasteiger partial charge in [0.1, 0.15) is 5.75 Å². The van der Waals surface area contributed by atoms with Gasteiger partial charge in [0.2, 0.25) is 0 Å². The predicted molar refractivity (Wildman–Crippen MR) is 53.6 cm³/mol. The Kier molecular flexibility index (Phi) is 2.33. The van der Waals surface area contributed by atoms with Crippen molar-refractivity contribution in [1.82, 2.24) is 4.98 Å². The number of halogens is 1. The molecule has 3 nitrogen and oxygen atoms in total. The van der Waals surface area contributed by atoms with Gasteiger partial charge in [0.15, 0.2) is 0 Å². The van der Waals surface area contributed by atoms with Gasteiger partial charge >= 0.3 is 5.43 Å². The minimum absolute atomic E-state index is 0.426. The molecule has 0 atom stereocenters. The van der Waals surface area contributed by atoms with Crippen molar-refractivity contribution >= 4 is 27.9 Å². The lowest BCUT2D eigenvalue weighted by molar-refractivity contribution is 0.226. The van der Waals surface area contributed by atoms with Crippen molar-refractivity contribution in [3.05, 3.63) is 36.5 Å². The van der Waals surface area contributed by atoms with Crippen LogP contribution in [0.3, 0.4) is 0 Å². The van der Waals surface area contributed by atoms with Crippen molar-refractivity contribution in [2.75, 3.05) is 0 Å². The van der Waals surface area contributed by atoms with Gasteiger partial charge in [0.05, 0.1) is 5.52 Å². The summed E-state index contributed by atoms with van der Waals surface area (Å²) in [6.07, 6.45) is 1.57. The molecule has 1 heterocycles. The van der Waals surface area contributed by atoms with E-state index < -0.39 is 5.43 Å². The van der Waals surface area contributed by atoms with Gasteiger partial charge in [-0.25, -0.2) is 4.79 Å². The maximum Gasteiger partial charge on any atom is 0.409 e. The largest absolute Gasteiger partial charge is 0.414 e. The number of carbonyl (C=O) groups excluding carboxylic acids is 1. The van der Waals surface area contributed by atoms with Crippen molar-refractivity contribution in [2.45, 2.75) is 0 Å². The highest BCUT2D eigenvalue weighted by Crippen LogP contribution is 2.23. The second-order valence-electron chi connectivity index (χ2n) is 2.67. The SMILES string of the molecule is O=C(Cl)Oc1ccnc2ccccc12. The van der Waals surface area contributed by atoms with E-state index in [4.69, 9.17) is 16.3 Å². The molecule has 0 saturated heterocycles. The van der Waals surface area contributed by atoms with Crippen LogP contribution < -0.4 is 4.74 Å². The first-order chi connectivity index (χ1) is 6.77. The number of hydrogen-bond acceptors (Lipinski definition) is 3. The molecule has 0 aliphatic carbocycles. The van der Waals surface area contributed by atoms with Gasteiger partial charge in [0, 0.05) is 23.2 Å². The number of aromatic nitrogens is 1. The normalized spacial score (nSPS) is 10.1. The molecule has 4 heteroatoms. The number of nitrogens with zero attached hydrogens (tertiary/aromatic N) is 1. The fourth-order valence-electron chi connectivity index (χ4n) is 1.25. The zero-order valence-electron chi connectivity index (χ0n) is 7.11. The predicted octanol–water partition coefficient (Wildman–Crippen LogP) is 2.97. The number of ether oxygens (including phenoxy) is 1. The zero-order valence-corrected chi connectivity index (χ0v) is 7.86. The lowest BCUT2D eigenvalue weighted by atomic mass is 10.2. The van der Waals surface area contributed by atoms with Gasteiger partial charge in [-0.1, -0.05) is 12.1 Å². The monoisotopic (exact) mass is 207 g/mol. The summed E-state index contributed by atoms with van der Waals surface area (Å²) in [7, 11) is 0. The van der Waals surface area contributed by atoms with Gasteiger partial charge in [0.25, 0.3) is 0 Å². The molecule has 14 heavy (non-hydrogen) atoms. The van der Waals surface area contributed by atoms with Crippen LogP contribution >= 0.6 is 11.6 Å². The number of rotatable bonds is 1. The highest BCUT2D eigenvalue weighted by molar-refractivity contribution is 6.61. The molecule has 2 rings (SSSR count). The summed E-state index contributed by atoms with van der Waals surface area (Å²) in [5.41, 5.74) is -0.0794. The van der Waals surface area contributed by atoms with Crippen LogP contribution in [0.5, 0.6) is 5.75 Å². The van der Waals surface area contributed by atoms with Crippen molar-refractivity contribution in [3.63, 3.8) is 0 Å². The molecule has 2 aromatic rings. The van der Waals surface area contributed by atoms with Crippen LogP contribution in [0, 0.1) is 0 Å². The molecule has 70 valence electrons. The third-order valence-corrected chi connectivity index (χ3v) is 1.88. The third kappa shape index (κ3) is 1.67. The van der Waals surface area contributed by atoms with Crippen LogP contribution in [0.4, 0.5) is 4.79 Å². The molecule has 0 radical (unpaired) electrons. The summed E-state index contributed by atoms with van der Waals surface area (Å²) in [4.78, 5) is 14.7. The van der Waals surface area contributed by atoms with Crippen molar-refractivity contribution < 1.29 is 9.53 Å². The molecular formula is C10H6ClNO2. The molecule has 0 aliphatic heterocycles. The lowest BCUT2D eigenvalue weighted by Crippen LogP contribution is -1.96. The van der Waals surface area contributed by atoms with Crippen LogP contribution in [0.2, 0.25) is 0 Å². The topological polar surface area (TPSA) is 39.2 Å². The smallest absolute Gasteiger partial charge is 0.409 e. The number of para-hydroxylation sites is 1. The highest BCUT2D eigenvalue weighted by atomic mass is 35.5. The number of benzene rings is 1. The van der Waals surface area contributed by atoms with Crippen molar-refractivity contribution in [1.29, 1.82) is 0 Å². The average molecular weight is 208 g/mol. The summed E-state index contributed by atoms with van der Waals surface area (Å²) >= 11 is 5.13. The summed E-state index contributed by atoms with van der Waals surface area (Å²) in [5.74, 6) is 0.426. The van der Waals surface area contributed by atoms with Crippen LogP contribution in [0.15, 0.2) is 36.5 Å². The van der Waals surface area contributed by atoms with Crippen LogP contribution in [0.25, 0.3) is 10.9 Å². The summed E-state index contributed by atoms with van der Waals surface area (Å²) in [6.45, 7) is 0. The highest BCUT2D eigenvalue weighted by Gasteiger charge is 2.04. The van der Waals surface area contributed by atoms with Crippen molar-refractivity contribution in [2.24, 2.45) is 0 Å². The number of carbonyl (C=O) groups is 1. The molecule has 1 aromatic carbocycles. The Hall–Kier alpha value is -1.61. The maximum atomic E-state index is 10.6. The van der Waals surface area contributed by atoms with E-state index in [9.17, 15) is 4.79 Å². The molecule has 0 N–H and O–H groups in total. The Balaban J connectivity index is 2.59. The number of fused-ring (bicyclic) bond motifs is 1. The molecule has 0 aliphatic rings. The second kappa shape index (κ2) is 3.64. The molecular weight excluding hydrogens is 202 g/mol. The quantitative estimate of drug-likeness (QED) is 0.675. The first-order valence-corrected chi connectivity index (χ1v) is 4.36. The van der Waals surface area contributed by atoms with E-state index in [1.807, 2.05) is 24.3 Å². The van der Waals surface area contributed by atoms with E-state index in [1.54, 1.807) is 12.3 Å². The first-order valence-electron chi connectivity index (χ1n) is 3.98.